The fourth-order valence-electron chi connectivity index (χ4n) is 3.59. The van der Waals surface area contributed by atoms with E-state index in [-0.39, 0.29) is 45.7 Å². The summed E-state index contributed by atoms with van der Waals surface area (Å²) in [7, 11) is -2.07. The Balaban J connectivity index is 1.67. The van der Waals surface area contributed by atoms with Crippen LogP contribution in [0.25, 0.3) is 0 Å². The van der Waals surface area contributed by atoms with Gasteiger partial charge in [0, 0.05) is 13.1 Å². The summed E-state index contributed by atoms with van der Waals surface area (Å²) in [5, 5.41) is 9.46. The van der Waals surface area contributed by atoms with Crippen LogP contribution in [0, 0.1) is 5.92 Å². The van der Waals surface area contributed by atoms with Crippen LogP contribution in [-0.2, 0) is 23.5 Å². The lowest BCUT2D eigenvalue weighted by Crippen LogP contribution is -2.62. The molecule has 0 radical (unpaired) electrons. The maximum atomic E-state index is 12.9. The van der Waals surface area contributed by atoms with Gasteiger partial charge in [0.1, 0.15) is 5.37 Å². The minimum absolute atomic E-state index is 0.00412. The first-order valence-corrected chi connectivity index (χ1v) is 15.3. The zero-order chi connectivity index (χ0) is 23.1. The molecule has 3 heterocycles. The number of nitrogens with zero attached hydrogens (tertiary/aromatic N) is 2. The SMILES string of the molecule is C[C@H](O[Si](C)(C)C(C)(C)C)[C@@H]1C(=O)N2C(C(=O)O)=C(SCC(=O)N3CCOCC3)S[C@H]12. The van der Waals surface area contributed by atoms with E-state index in [2.05, 4.69) is 33.9 Å². The second-order valence-electron chi connectivity index (χ2n) is 9.55. The van der Waals surface area contributed by atoms with E-state index in [1.54, 1.807) is 4.90 Å². The monoisotopic (exact) mass is 488 g/mol. The molecule has 0 spiro atoms. The molecule has 2 amide bonds. The molecule has 3 rings (SSSR count). The van der Waals surface area contributed by atoms with Crippen molar-refractivity contribution in [3.05, 3.63) is 9.93 Å². The van der Waals surface area contributed by atoms with Crippen molar-refractivity contribution in [3.8, 4) is 0 Å². The van der Waals surface area contributed by atoms with Crippen molar-refractivity contribution >= 4 is 49.6 Å². The fraction of sp³-hybridized carbons (Fsp3) is 0.750. The number of amides is 2. The highest BCUT2D eigenvalue weighted by atomic mass is 32.2. The van der Waals surface area contributed by atoms with Crippen LogP contribution in [-0.4, -0.2) is 84.5 Å². The minimum Gasteiger partial charge on any atom is -0.477 e. The van der Waals surface area contributed by atoms with Crippen LogP contribution >= 0.6 is 23.5 Å². The predicted molar refractivity (Wildman–Crippen MR) is 124 cm³/mol. The lowest BCUT2D eigenvalue weighted by Gasteiger charge is -2.48. The maximum absolute atomic E-state index is 12.9. The second kappa shape index (κ2) is 9.09. The highest BCUT2D eigenvalue weighted by Gasteiger charge is 2.59. The quantitative estimate of drug-likeness (QED) is 0.432. The Morgan fingerprint density at radius 3 is 2.48 bits per heavy atom. The third kappa shape index (κ3) is 4.85. The van der Waals surface area contributed by atoms with Crippen molar-refractivity contribution in [3.63, 3.8) is 0 Å². The summed E-state index contributed by atoms with van der Waals surface area (Å²) in [4.78, 5) is 40.4. The number of carboxylic acid groups (broad SMARTS) is 1. The van der Waals surface area contributed by atoms with Crippen LogP contribution in [0.1, 0.15) is 27.7 Å². The lowest BCUT2D eigenvalue weighted by atomic mass is 9.92. The van der Waals surface area contributed by atoms with E-state index in [9.17, 15) is 19.5 Å². The van der Waals surface area contributed by atoms with Crippen molar-refractivity contribution in [1.82, 2.24) is 9.80 Å². The summed E-state index contributed by atoms with van der Waals surface area (Å²) >= 11 is 2.57. The number of carbonyl (C=O) groups excluding carboxylic acids is 2. The van der Waals surface area contributed by atoms with E-state index in [0.717, 1.165) is 0 Å². The summed E-state index contributed by atoms with van der Waals surface area (Å²) in [6.07, 6.45) is -0.295. The number of fused-ring (bicyclic) bond motifs is 1. The second-order valence-corrected chi connectivity index (χ2v) is 16.7. The van der Waals surface area contributed by atoms with Gasteiger partial charge < -0.3 is 19.2 Å². The molecule has 0 aromatic carbocycles. The van der Waals surface area contributed by atoms with E-state index < -0.39 is 14.3 Å². The van der Waals surface area contributed by atoms with Crippen LogP contribution in [0.5, 0.6) is 0 Å². The number of rotatable bonds is 7. The van der Waals surface area contributed by atoms with Gasteiger partial charge in [-0.05, 0) is 25.1 Å². The first-order chi connectivity index (χ1) is 14.3. The van der Waals surface area contributed by atoms with Crippen molar-refractivity contribution < 1.29 is 28.7 Å². The Kier molecular flexibility index (Phi) is 7.22. The molecule has 1 N–H and O–H groups in total. The number of carboxylic acids is 1. The van der Waals surface area contributed by atoms with Crippen molar-refractivity contribution in [2.24, 2.45) is 5.92 Å². The van der Waals surface area contributed by atoms with Gasteiger partial charge in [-0.3, -0.25) is 14.5 Å². The van der Waals surface area contributed by atoms with Gasteiger partial charge in [-0.1, -0.05) is 32.5 Å². The topological polar surface area (TPSA) is 96.4 Å². The molecule has 2 fully saturated rings. The van der Waals surface area contributed by atoms with Gasteiger partial charge >= 0.3 is 5.97 Å². The molecule has 0 aromatic heterocycles. The predicted octanol–water partition coefficient (Wildman–Crippen LogP) is 2.77. The number of ether oxygens (including phenoxy) is 1. The summed E-state index contributed by atoms with van der Waals surface area (Å²) in [6, 6.07) is 0. The summed E-state index contributed by atoms with van der Waals surface area (Å²) in [5.74, 6) is -1.63. The number of morpholine rings is 1. The largest absolute Gasteiger partial charge is 0.477 e. The Labute approximate surface area is 193 Å². The maximum Gasteiger partial charge on any atom is 0.354 e. The van der Waals surface area contributed by atoms with E-state index in [1.807, 2.05) is 6.92 Å². The summed E-state index contributed by atoms with van der Waals surface area (Å²) < 4.78 is 12.2. The first kappa shape index (κ1) is 24.6. The van der Waals surface area contributed by atoms with Crippen LogP contribution in [0.4, 0.5) is 0 Å². The van der Waals surface area contributed by atoms with E-state index >= 15 is 0 Å². The van der Waals surface area contributed by atoms with E-state index in [4.69, 9.17) is 9.16 Å². The smallest absolute Gasteiger partial charge is 0.354 e. The van der Waals surface area contributed by atoms with Gasteiger partial charge in [-0.25, -0.2) is 4.79 Å². The molecule has 11 heteroatoms. The Bertz CT molecular complexity index is 791. The highest BCUT2D eigenvalue weighted by molar-refractivity contribution is 8.23. The fourth-order valence-corrected chi connectivity index (χ4v) is 7.83. The zero-order valence-corrected chi connectivity index (χ0v) is 21.6. The summed E-state index contributed by atoms with van der Waals surface area (Å²) in [6.45, 7) is 14.8. The molecule has 0 bridgehead atoms. The molecule has 3 aliphatic heterocycles. The Hall–Kier alpha value is -1.01. The number of aliphatic carboxylic acids is 1. The van der Waals surface area contributed by atoms with Crippen molar-refractivity contribution in [1.29, 1.82) is 0 Å². The van der Waals surface area contributed by atoms with E-state index in [1.165, 1.54) is 28.4 Å². The first-order valence-electron chi connectivity index (χ1n) is 10.5. The van der Waals surface area contributed by atoms with Crippen molar-refractivity contribution in [2.75, 3.05) is 32.1 Å². The molecule has 0 aliphatic carbocycles. The highest BCUT2D eigenvalue weighted by Crippen LogP contribution is 2.54. The van der Waals surface area contributed by atoms with Crippen LogP contribution in [0.3, 0.4) is 0 Å². The van der Waals surface area contributed by atoms with Gasteiger partial charge in [0.2, 0.25) is 11.8 Å². The van der Waals surface area contributed by atoms with Gasteiger partial charge in [-0.2, -0.15) is 0 Å². The third-order valence-electron chi connectivity index (χ3n) is 6.43. The number of thioether (sulfide) groups is 2. The van der Waals surface area contributed by atoms with Gasteiger partial charge in [-0.15, -0.1) is 11.8 Å². The molecule has 174 valence electrons. The lowest BCUT2D eigenvalue weighted by molar-refractivity contribution is -0.156. The van der Waals surface area contributed by atoms with E-state index in [0.29, 0.717) is 30.5 Å². The van der Waals surface area contributed by atoms with Crippen molar-refractivity contribution in [2.45, 2.75) is 57.3 Å². The molecule has 2 saturated heterocycles. The Morgan fingerprint density at radius 2 is 1.94 bits per heavy atom. The van der Waals surface area contributed by atoms with Crippen LogP contribution < -0.4 is 0 Å². The van der Waals surface area contributed by atoms with Gasteiger partial charge in [0.25, 0.3) is 0 Å². The number of β-lactam (4-membered cyclic amide) rings is 1. The summed E-state index contributed by atoms with van der Waals surface area (Å²) in [5.41, 5.74) is -0.00412. The van der Waals surface area contributed by atoms with Gasteiger partial charge in [0.15, 0.2) is 14.0 Å². The number of hydrogen-bond donors (Lipinski definition) is 1. The molecule has 0 unspecified atom stereocenters. The molecule has 31 heavy (non-hydrogen) atoms. The average Bonchev–Trinajstić information content (AvgIpc) is 3.00. The molecule has 8 nitrogen and oxygen atoms in total. The minimum atomic E-state index is -2.07. The standard InChI is InChI=1S/C20H32N2O6S2Si/c1-12(28-31(5,6)20(2,3)4)14-16(24)22-15(18(25)26)19(30-17(14)22)29-11-13(23)21-7-9-27-10-8-21/h12,14,17H,7-11H2,1-6H3,(H,25,26)/t12-,14+,17+/m0/s1. The molecule has 3 aliphatic rings. The molecule has 3 atom stereocenters. The van der Waals surface area contributed by atoms with Gasteiger partial charge in [0.05, 0.1) is 35.2 Å². The third-order valence-corrected chi connectivity index (χ3v) is 13.6. The molecular weight excluding hydrogens is 456 g/mol. The zero-order valence-electron chi connectivity index (χ0n) is 19.0. The van der Waals surface area contributed by atoms with Crippen LogP contribution in [0.15, 0.2) is 9.93 Å². The average molecular weight is 489 g/mol. The molecular formula is C20H32N2O6S2Si. The molecule has 0 aromatic rings. The number of hydrogen-bond acceptors (Lipinski definition) is 7. The number of carbonyl (C=O) groups is 3. The Morgan fingerprint density at radius 1 is 1.32 bits per heavy atom. The normalized spacial score (nSPS) is 25.4. The molecule has 0 saturated carbocycles. The van der Waals surface area contributed by atoms with Crippen LogP contribution in [0.2, 0.25) is 18.1 Å².